The van der Waals surface area contributed by atoms with Crippen LogP contribution in [0.1, 0.15) is 23.0 Å². The first-order valence-electron chi connectivity index (χ1n) is 7.73. The zero-order valence-corrected chi connectivity index (χ0v) is 13.6. The third kappa shape index (κ3) is 3.63. The summed E-state index contributed by atoms with van der Waals surface area (Å²) in [6.07, 6.45) is 0. The van der Waals surface area contributed by atoms with Crippen molar-refractivity contribution in [2.45, 2.75) is 13.8 Å². The first-order chi connectivity index (χ1) is 11.7. The molecule has 5 heteroatoms. The van der Waals surface area contributed by atoms with Crippen LogP contribution in [0.2, 0.25) is 0 Å². The van der Waals surface area contributed by atoms with E-state index in [1.807, 2.05) is 62.4 Å². The van der Waals surface area contributed by atoms with Gasteiger partial charge >= 0.3 is 0 Å². The molecule has 0 saturated heterocycles. The average Bonchev–Trinajstić information content (AvgIpc) is 3.06. The Morgan fingerprint density at radius 1 is 1.17 bits per heavy atom. The molecule has 0 fully saturated rings. The fourth-order valence-corrected chi connectivity index (χ4v) is 2.32. The maximum Gasteiger partial charge on any atom is 0.277 e. The van der Waals surface area contributed by atoms with Crippen molar-refractivity contribution in [2.75, 3.05) is 11.9 Å². The van der Waals surface area contributed by atoms with E-state index in [-0.39, 0.29) is 11.6 Å². The molecule has 0 aliphatic carbocycles. The third-order valence-corrected chi connectivity index (χ3v) is 3.47. The van der Waals surface area contributed by atoms with Gasteiger partial charge in [0.15, 0.2) is 11.5 Å². The molecule has 2 aromatic carbocycles. The monoisotopic (exact) mass is 322 g/mol. The minimum Gasteiger partial charge on any atom is -0.494 e. The summed E-state index contributed by atoms with van der Waals surface area (Å²) in [5.41, 5.74) is 2.87. The Hall–Kier alpha value is -3.08. The van der Waals surface area contributed by atoms with Gasteiger partial charge in [0.1, 0.15) is 5.75 Å². The van der Waals surface area contributed by atoms with Crippen molar-refractivity contribution in [1.82, 2.24) is 5.16 Å². The maximum absolute atomic E-state index is 12.3. The lowest BCUT2D eigenvalue weighted by Crippen LogP contribution is -2.12. The minimum atomic E-state index is -0.304. The molecule has 24 heavy (non-hydrogen) atoms. The van der Waals surface area contributed by atoms with Gasteiger partial charge in [-0.05, 0) is 55.8 Å². The molecule has 1 amide bonds. The predicted octanol–water partition coefficient (Wildman–Crippen LogP) is 4.30. The summed E-state index contributed by atoms with van der Waals surface area (Å²) in [6, 6.07) is 16.7. The summed E-state index contributed by atoms with van der Waals surface area (Å²) >= 11 is 0. The molecule has 3 aromatic rings. The Morgan fingerprint density at radius 2 is 1.96 bits per heavy atom. The molecule has 122 valence electrons. The number of aromatic nitrogens is 1. The molecular formula is C19H18N2O3. The number of carbonyl (C=O) groups is 1. The highest BCUT2D eigenvalue weighted by Gasteiger charge is 2.14. The van der Waals surface area contributed by atoms with Crippen LogP contribution >= 0.6 is 0 Å². The molecular weight excluding hydrogens is 304 g/mol. The van der Waals surface area contributed by atoms with Crippen molar-refractivity contribution in [3.8, 4) is 17.1 Å². The highest BCUT2D eigenvalue weighted by molar-refractivity contribution is 6.03. The van der Waals surface area contributed by atoms with Crippen LogP contribution in [-0.2, 0) is 0 Å². The number of aryl methyl sites for hydroxylation is 1. The fourth-order valence-electron chi connectivity index (χ4n) is 2.32. The first kappa shape index (κ1) is 15.8. The number of nitrogens with zero attached hydrogens (tertiary/aromatic N) is 1. The average molecular weight is 322 g/mol. The van der Waals surface area contributed by atoms with Gasteiger partial charge in [0.2, 0.25) is 0 Å². The number of hydrogen-bond acceptors (Lipinski definition) is 4. The van der Waals surface area contributed by atoms with Crippen molar-refractivity contribution in [3.63, 3.8) is 0 Å². The molecule has 5 nitrogen and oxygen atoms in total. The first-order valence-corrected chi connectivity index (χ1v) is 7.73. The van der Waals surface area contributed by atoms with E-state index in [4.69, 9.17) is 9.26 Å². The van der Waals surface area contributed by atoms with Gasteiger partial charge in [-0.2, -0.15) is 0 Å². The molecule has 0 aliphatic rings. The zero-order chi connectivity index (χ0) is 16.9. The number of ether oxygens (including phenoxy) is 1. The van der Waals surface area contributed by atoms with Crippen LogP contribution in [0.3, 0.4) is 0 Å². The molecule has 1 N–H and O–H groups in total. The van der Waals surface area contributed by atoms with Crippen molar-refractivity contribution < 1.29 is 14.1 Å². The lowest BCUT2D eigenvalue weighted by Gasteiger charge is -2.03. The van der Waals surface area contributed by atoms with E-state index in [0.29, 0.717) is 12.4 Å². The van der Waals surface area contributed by atoms with E-state index in [1.54, 1.807) is 6.07 Å². The highest BCUT2D eigenvalue weighted by atomic mass is 16.5. The van der Waals surface area contributed by atoms with Crippen molar-refractivity contribution >= 4 is 11.6 Å². The van der Waals surface area contributed by atoms with E-state index in [0.717, 1.165) is 22.6 Å². The number of amides is 1. The van der Waals surface area contributed by atoms with Gasteiger partial charge in [0, 0.05) is 17.3 Å². The van der Waals surface area contributed by atoms with E-state index in [2.05, 4.69) is 10.5 Å². The number of carbonyl (C=O) groups excluding carboxylic acids is 1. The summed E-state index contributed by atoms with van der Waals surface area (Å²) in [5.74, 6) is 1.02. The molecule has 0 radical (unpaired) electrons. The van der Waals surface area contributed by atoms with Crippen molar-refractivity contribution in [1.29, 1.82) is 0 Å². The lowest BCUT2D eigenvalue weighted by molar-refractivity contribution is 0.101. The number of nitrogens with one attached hydrogen (secondary N) is 1. The SMILES string of the molecule is CCOc1ccc(-c2cc(C(=O)Nc3cccc(C)c3)no2)cc1. The zero-order valence-electron chi connectivity index (χ0n) is 13.6. The topological polar surface area (TPSA) is 64.4 Å². The molecule has 1 aromatic heterocycles. The Kier molecular flexibility index (Phi) is 4.61. The molecule has 0 atom stereocenters. The molecule has 0 saturated carbocycles. The molecule has 0 bridgehead atoms. The van der Waals surface area contributed by atoms with Gasteiger partial charge < -0.3 is 14.6 Å². The summed E-state index contributed by atoms with van der Waals surface area (Å²) in [4.78, 5) is 12.3. The Labute approximate surface area is 140 Å². The predicted molar refractivity (Wildman–Crippen MR) is 92.2 cm³/mol. The van der Waals surface area contributed by atoms with Gasteiger partial charge in [-0.1, -0.05) is 17.3 Å². The highest BCUT2D eigenvalue weighted by Crippen LogP contribution is 2.23. The van der Waals surface area contributed by atoms with E-state index in [1.165, 1.54) is 0 Å². The Morgan fingerprint density at radius 3 is 2.67 bits per heavy atom. The fraction of sp³-hybridized carbons (Fsp3) is 0.158. The minimum absolute atomic E-state index is 0.236. The van der Waals surface area contributed by atoms with E-state index >= 15 is 0 Å². The molecule has 0 spiro atoms. The number of benzene rings is 2. The van der Waals surface area contributed by atoms with E-state index < -0.39 is 0 Å². The van der Waals surface area contributed by atoms with Crippen LogP contribution in [0.5, 0.6) is 5.75 Å². The molecule has 3 rings (SSSR count). The molecule has 0 aliphatic heterocycles. The normalized spacial score (nSPS) is 10.4. The van der Waals surface area contributed by atoms with Gasteiger partial charge in [0.05, 0.1) is 6.61 Å². The van der Waals surface area contributed by atoms with Crippen molar-refractivity contribution in [2.24, 2.45) is 0 Å². The van der Waals surface area contributed by atoms with Crippen LogP contribution in [0, 0.1) is 6.92 Å². The second-order valence-electron chi connectivity index (χ2n) is 5.36. The third-order valence-electron chi connectivity index (χ3n) is 3.47. The van der Waals surface area contributed by atoms with Gasteiger partial charge in [0.25, 0.3) is 5.91 Å². The summed E-state index contributed by atoms with van der Waals surface area (Å²) < 4.78 is 10.7. The largest absolute Gasteiger partial charge is 0.494 e. The van der Waals surface area contributed by atoms with Gasteiger partial charge in [-0.3, -0.25) is 4.79 Å². The standard InChI is InChI=1S/C19H18N2O3/c1-3-23-16-9-7-14(8-10-16)18-12-17(21-24-18)19(22)20-15-6-4-5-13(2)11-15/h4-12H,3H2,1-2H3,(H,20,22). The van der Waals surface area contributed by atoms with Crippen molar-refractivity contribution in [3.05, 3.63) is 65.9 Å². The summed E-state index contributed by atoms with van der Waals surface area (Å²) in [6.45, 7) is 4.52. The lowest BCUT2D eigenvalue weighted by atomic mass is 10.1. The smallest absolute Gasteiger partial charge is 0.277 e. The van der Waals surface area contributed by atoms with Crippen LogP contribution < -0.4 is 10.1 Å². The second-order valence-corrected chi connectivity index (χ2v) is 5.36. The Bertz CT molecular complexity index is 838. The molecule has 1 heterocycles. The van der Waals surface area contributed by atoms with Crippen LogP contribution in [0.15, 0.2) is 59.1 Å². The number of hydrogen-bond donors (Lipinski definition) is 1. The number of rotatable bonds is 5. The van der Waals surface area contributed by atoms with Crippen LogP contribution in [0.25, 0.3) is 11.3 Å². The summed E-state index contributed by atoms with van der Waals surface area (Å²) in [7, 11) is 0. The summed E-state index contributed by atoms with van der Waals surface area (Å²) in [5, 5.41) is 6.66. The maximum atomic E-state index is 12.3. The van der Waals surface area contributed by atoms with Gasteiger partial charge in [-0.15, -0.1) is 0 Å². The molecule has 0 unspecified atom stereocenters. The van der Waals surface area contributed by atoms with Gasteiger partial charge in [-0.25, -0.2) is 0 Å². The van der Waals surface area contributed by atoms with Crippen LogP contribution in [-0.4, -0.2) is 17.7 Å². The van der Waals surface area contributed by atoms with E-state index in [9.17, 15) is 4.79 Å². The number of anilines is 1. The Balaban J connectivity index is 1.73. The second kappa shape index (κ2) is 7.00. The van der Waals surface area contributed by atoms with Crippen LogP contribution in [0.4, 0.5) is 5.69 Å². The quantitative estimate of drug-likeness (QED) is 0.760.